The summed E-state index contributed by atoms with van der Waals surface area (Å²) in [5.74, 6) is 1.13. The zero-order valence-electron chi connectivity index (χ0n) is 10.7. The van der Waals surface area contributed by atoms with Crippen LogP contribution in [0, 0.1) is 0 Å². The van der Waals surface area contributed by atoms with Crippen LogP contribution in [0.5, 0.6) is 5.75 Å². The van der Waals surface area contributed by atoms with Gasteiger partial charge in [-0.1, -0.05) is 23.7 Å². The third-order valence-corrected chi connectivity index (χ3v) is 3.28. The Bertz CT molecular complexity index is 836. The molecule has 1 heterocycles. The topological polar surface area (TPSA) is 39.4 Å². The van der Waals surface area contributed by atoms with Gasteiger partial charge in [-0.25, -0.2) is 0 Å². The van der Waals surface area contributed by atoms with Crippen molar-refractivity contribution < 1.29 is 9.15 Å². The highest BCUT2D eigenvalue weighted by Gasteiger charge is 2.08. The molecule has 0 saturated carbocycles. The Morgan fingerprint density at radius 2 is 1.95 bits per heavy atom. The monoisotopic (exact) mass is 286 g/mol. The Labute approximate surface area is 120 Å². The lowest BCUT2D eigenvalue weighted by atomic mass is 10.1. The highest BCUT2D eigenvalue weighted by molar-refractivity contribution is 6.30. The van der Waals surface area contributed by atoms with Crippen LogP contribution in [0.15, 0.2) is 57.7 Å². The van der Waals surface area contributed by atoms with Crippen LogP contribution in [0.1, 0.15) is 0 Å². The molecule has 2 aromatic carbocycles. The minimum absolute atomic E-state index is 0.0936. The first kappa shape index (κ1) is 12.8. The first-order valence-electron chi connectivity index (χ1n) is 6.05. The molecule has 0 aliphatic carbocycles. The third kappa shape index (κ3) is 2.28. The molecule has 100 valence electrons. The average molecular weight is 287 g/mol. The fourth-order valence-electron chi connectivity index (χ4n) is 2.05. The lowest BCUT2D eigenvalue weighted by Gasteiger charge is -2.05. The molecule has 3 aromatic rings. The van der Waals surface area contributed by atoms with Gasteiger partial charge in [0.25, 0.3) is 0 Å². The molecule has 1 aromatic heterocycles. The van der Waals surface area contributed by atoms with E-state index in [1.165, 1.54) is 6.07 Å². The number of rotatable bonds is 2. The molecule has 0 atom stereocenters. The van der Waals surface area contributed by atoms with Gasteiger partial charge in [0.1, 0.15) is 17.1 Å². The fraction of sp³-hybridized carbons (Fsp3) is 0.0625. The molecule has 0 saturated heterocycles. The van der Waals surface area contributed by atoms with Gasteiger partial charge in [-0.2, -0.15) is 0 Å². The van der Waals surface area contributed by atoms with E-state index in [1.807, 2.05) is 12.1 Å². The Balaban J connectivity index is 2.25. The Morgan fingerprint density at radius 3 is 2.70 bits per heavy atom. The number of halogens is 1. The van der Waals surface area contributed by atoms with Crippen molar-refractivity contribution in [1.82, 2.24) is 0 Å². The van der Waals surface area contributed by atoms with E-state index >= 15 is 0 Å². The second-order valence-electron chi connectivity index (χ2n) is 4.35. The predicted molar refractivity (Wildman–Crippen MR) is 79.5 cm³/mol. The van der Waals surface area contributed by atoms with Crippen LogP contribution in [0.3, 0.4) is 0 Å². The van der Waals surface area contributed by atoms with Crippen molar-refractivity contribution in [2.24, 2.45) is 0 Å². The van der Waals surface area contributed by atoms with Gasteiger partial charge >= 0.3 is 0 Å². The maximum atomic E-state index is 12.1. The number of methoxy groups -OCH3 is 1. The molecule has 0 aliphatic rings. The Kier molecular flexibility index (Phi) is 3.20. The molecule has 0 unspecified atom stereocenters. The molecule has 20 heavy (non-hydrogen) atoms. The molecule has 0 radical (unpaired) electrons. The second kappa shape index (κ2) is 5.02. The van der Waals surface area contributed by atoms with Crippen LogP contribution < -0.4 is 10.2 Å². The number of benzene rings is 2. The van der Waals surface area contributed by atoms with E-state index in [4.69, 9.17) is 20.8 Å². The summed E-state index contributed by atoms with van der Waals surface area (Å²) in [5.41, 5.74) is 1.16. The molecule has 0 fully saturated rings. The summed E-state index contributed by atoms with van der Waals surface area (Å²) in [6, 6.07) is 13.8. The van der Waals surface area contributed by atoms with Gasteiger partial charge in [-0.05, 0) is 24.3 Å². The zero-order valence-corrected chi connectivity index (χ0v) is 11.5. The van der Waals surface area contributed by atoms with Gasteiger partial charge in [0.2, 0.25) is 0 Å². The molecular weight excluding hydrogens is 276 g/mol. The quantitative estimate of drug-likeness (QED) is 0.711. The highest BCUT2D eigenvalue weighted by atomic mass is 35.5. The average Bonchev–Trinajstić information content (AvgIpc) is 2.46. The highest BCUT2D eigenvalue weighted by Crippen LogP contribution is 2.26. The van der Waals surface area contributed by atoms with Gasteiger partial charge in [0.05, 0.1) is 12.5 Å². The maximum absolute atomic E-state index is 12.1. The zero-order chi connectivity index (χ0) is 14.1. The molecule has 3 rings (SSSR count). The molecule has 0 aliphatic heterocycles. The SMILES string of the molecule is COc1ccc2c(=O)cc(-c3cccc(Cl)c3)oc2c1. The molecule has 4 heteroatoms. The largest absolute Gasteiger partial charge is 0.497 e. The van der Waals surface area contributed by atoms with Crippen LogP contribution in [0.4, 0.5) is 0 Å². The van der Waals surface area contributed by atoms with E-state index in [2.05, 4.69) is 0 Å². The third-order valence-electron chi connectivity index (χ3n) is 3.05. The molecule has 0 bridgehead atoms. The molecule has 0 spiro atoms. The number of fused-ring (bicyclic) bond motifs is 1. The van der Waals surface area contributed by atoms with Crippen LogP contribution in [0.25, 0.3) is 22.3 Å². The van der Waals surface area contributed by atoms with Gasteiger partial charge in [0.15, 0.2) is 5.43 Å². The van der Waals surface area contributed by atoms with Gasteiger partial charge in [-0.15, -0.1) is 0 Å². The second-order valence-corrected chi connectivity index (χ2v) is 4.78. The van der Waals surface area contributed by atoms with E-state index in [0.717, 1.165) is 5.56 Å². The number of hydrogen-bond donors (Lipinski definition) is 0. The molecule has 0 amide bonds. The summed E-state index contributed by atoms with van der Waals surface area (Å²) >= 11 is 5.96. The van der Waals surface area contributed by atoms with Crippen molar-refractivity contribution in [2.45, 2.75) is 0 Å². The number of hydrogen-bond acceptors (Lipinski definition) is 3. The summed E-state index contributed by atoms with van der Waals surface area (Å²) in [5, 5.41) is 1.12. The Hall–Kier alpha value is -2.26. The first-order valence-corrected chi connectivity index (χ1v) is 6.43. The van der Waals surface area contributed by atoms with Gasteiger partial charge in [-0.3, -0.25) is 4.79 Å². The van der Waals surface area contributed by atoms with Crippen LogP contribution >= 0.6 is 11.6 Å². The van der Waals surface area contributed by atoms with Crippen molar-refractivity contribution in [3.05, 3.63) is 63.8 Å². The summed E-state index contributed by atoms with van der Waals surface area (Å²) in [7, 11) is 1.57. The lowest BCUT2D eigenvalue weighted by molar-refractivity contribution is 0.414. The van der Waals surface area contributed by atoms with Crippen molar-refractivity contribution in [1.29, 1.82) is 0 Å². The normalized spacial score (nSPS) is 10.7. The van der Waals surface area contributed by atoms with E-state index in [9.17, 15) is 4.79 Å². The van der Waals surface area contributed by atoms with Crippen molar-refractivity contribution in [3.8, 4) is 17.1 Å². The minimum atomic E-state index is -0.0936. The fourth-order valence-corrected chi connectivity index (χ4v) is 2.24. The van der Waals surface area contributed by atoms with E-state index < -0.39 is 0 Å². The first-order chi connectivity index (χ1) is 9.67. The predicted octanol–water partition coefficient (Wildman–Crippen LogP) is 4.12. The van der Waals surface area contributed by atoms with Crippen molar-refractivity contribution in [3.63, 3.8) is 0 Å². The van der Waals surface area contributed by atoms with Crippen LogP contribution in [-0.4, -0.2) is 7.11 Å². The van der Waals surface area contributed by atoms with Crippen LogP contribution in [-0.2, 0) is 0 Å². The standard InChI is InChI=1S/C16H11ClO3/c1-19-12-5-6-13-14(18)9-15(20-16(13)8-12)10-3-2-4-11(17)7-10/h2-9H,1H3. The maximum Gasteiger partial charge on any atom is 0.193 e. The summed E-state index contributed by atoms with van der Waals surface area (Å²) in [4.78, 5) is 12.1. The number of ether oxygens (including phenoxy) is 1. The van der Waals surface area contributed by atoms with E-state index in [1.54, 1.807) is 37.4 Å². The summed E-state index contributed by atoms with van der Waals surface area (Å²) < 4.78 is 10.9. The van der Waals surface area contributed by atoms with Crippen LogP contribution in [0.2, 0.25) is 5.02 Å². The molecule has 3 nitrogen and oxygen atoms in total. The van der Waals surface area contributed by atoms with E-state index in [0.29, 0.717) is 27.5 Å². The lowest BCUT2D eigenvalue weighted by Crippen LogP contribution is -2.00. The summed E-state index contributed by atoms with van der Waals surface area (Å²) in [6.45, 7) is 0. The Morgan fingerprint density at radius 1 is 1.10 bits per heavy atom. The van der Waals surface area contributed by atoms with E-state index in [-0.39, 0.29) is 5.43 Å². The smallest absolute Gasteiger partial charge is 0.193 e. The molecular formula is C16H11ClO3. The summed E-state index contributed by atoms with van der Waals surface area (Å²) in [6.07, 6.45) is 0. The van der Waals surface area contributed by atoms with Crippen molar-refractivity contribution in [2.75, 3.05) is 7.11 Å². The van der Waals surface area contributed by atoms with Crippen molar-refractivity contribution >= 4 is 22.6 Å². The molecule has 0 N–H and O–H groups in total. The minimum Gasteiger partial charge on any atom is -0.497 e. The van der Waals surface area contributed by atoms with Gasteiger partial charge < -0.3 is 9.15 Å². The van der Waals surface area contributed by atoms with Gasteiger partial charge in [0, 0.05) is 22.7 Å².